The van der Waals surface area contributed by atoms with E-state index in [0.717, 1.165) is 23.5 Å². The van der Waals surface area contributed by atoms with Crippen LogP contribution in [-0.2, 0) is 0 Å². The number of aromatic nitrogens is 1. The van der Waals surface area contributed by atoms with Crippen LogP contribution in [0.5, 0.6) is 0 Å². The van der Waals surface area contributed by atoms with Crippen LogP contribution in [-0.4, -0.2) is 34.6 Å². The van der Waals surface area contributed by atoms with Gasteiger partial charge in [0.2, 0.25) is 0 Å². The first-order chi connectivity index (χ1) is 8.22. The van der Waals surface area contributed by atoms with Crippen LogP contribution in [0.3, 0.4) is 0 Å². The largest absolute Gasteiger partial charge is 0.380 e. The quantitative estimate of drug-likeness (QED) is 0.866. The number of nitrogens with zero attached hydrogens (tertiary/aromatic N) is 2. The van der Waals surface area contributed by atoms with Crippen LogP contribution in [0.1, 0.15) is 31.9 Å². The Hall–Kier alpha value is -1.09. The first kappa shape index (κ1) is 11.0. The van der Waals surface area contributed by atoms with Crippen LogP contribution >= 0.6 is 0 Å². The van der Waals surface area contributed by atoms with Crippen LogP contribution < -0.4 is 5.32 Å². The minimum absolute atomic E-state index is 0.593. The third-order valence-corrected chi connectivity index (χ3v) is 3.92. The van der Waals surface area contributed by atoms with E-state index in [1.54, 1.807) is 0 Å². The van der Waals surface area contributed by atoms with E-state index in [1.807, 2.05) is 13.1 Å². The maximum Gasteiger partial charge on any atom is 0.0529 e. The van der Waals surface area contributed by atoms with Gasteiger partial charge in [0, 0.05) is 30.4 Å². The van der Waals surface area contributed by atoms with Crippen molar-refractivity contribution in [3.8, 4) is 0 Å². The number of aryl methyl sites for hydroxylation is 1. The summed E-state index contributed by atoms with van der Waals surface area (Å²) < 4.78 is 0. The van der Waals surface area contributed by atoms with E-state index in [1.165, 1.54) is 25.8 Å². The standard InChI is InChI=1S/C14H21N3/c1-10-3-4-12(8-15-10)16-13-7-11(2)17(9-13)14-5-6-14/h3-4,8,11,13-14,16H,5-7,9H2,1-2H3. The van der Waals surface area contributed by atoms with Gasteiger partial charge in [-0.3, -0.25) is 9.88 Å². The summed E-state index contributed by atoms with van der Waals surface area (Å²) in [7, 11) is 0. The van der Waals surface area contributed by atoms with E-state index >= 15 is 0 Å². The van der Waals surface area contributed by atoms with Gasteiger partial charge in [0.25, 0.3) is 0 Å². The average Bonchev–Trinajstić information content (AvgIpc) is 3.08. The SMILES string of the molecule is Cc1ccc(NC2CC(C)N(C3CC3)C2)cn1. The molecule has 1 aliphatic carbocycles. The zero-order valence-electron chi connectivity index (χ0n) is 10.7. The van der Waals surface area contributed by atoms with E-state index < -0.39 is 0 Å². The Bertz CT molecular complexity index is 383. The van der Waals surface area contributed by atoms with Gasteiger partial charge in [0.15, 0.2) is 0 Å². The lowest BCUT2D eigenvalue weighted by atomic mass is 10.2. The molecule has 0 aromatic carbocycles. The van der Waals surface area contributed by atoms with Crippen molar-refractivity contribution in [1.82, 2.24) is 9.88 Å². The maximum absolute atomic E-state index is 4.33. The summed E-state index contributed by atoms with van der Waals surface area (Å²) in [6, 6.07) is 6.41. The molecule has 17 heavy (non-hydrogen) atoms. The molecule has 3 heteroatoms. The molecule has 1 saturated carbocycles. The van der Waals surface area contributed by atoms with Gasteiger partial charge in [-0.1, -0.05) is 0 Å². The van der Waals surface area contributed by atoms with Crippen molar-refractivity contribution < 1.29 is 0 Å². The van der Waals surface area contributed by atoms with Gasteiger partial charge in [-0.05, 0) is 45.2 Å². The highest BCUT2D eigenvalue weighted by molar-refractivity contribution is 5.42. The molecule has 0 spiro atoms. The summed E-state index contributed by atoms with van der Waals surface area (Å²) in [4.78, 5) is 7.00. The summed E-state index contributed by atoms with van der Waals surface area (Å²) in [6.45, 7) is 5.57. The minimum Gasteiger partial charge on any atom is -0.380 e. The zero-order chi connectivity index (χ0) is 11.8. The van der Waals surface area contributed by atoms with E-state index in [9.17, 15) is 0 Å². The second-order valence-corrected chi connectivity index (χ2v) is 5.54. The Morgan fingerprint density at radius 3 is 2.82 bits per heavy atom. The molecule has 2 atom stereocenters. The fourth-order valence-corrected chi connectivity index (χ4v) is 2.86. The molecule has 3 nitrogen and oxygen atoms in total. The second-order valence-electron chi connectivity index (χ2n) is 5.54. The molecule has 3 rings (SSSR count). The lowest BCUT2D eigenvalue weighted by Gasteiger charge is -2.19. The van der Waals surface area contributed by atoms with Crippen molar-refractivity contribution in [2.45, 2.75) is 51.2 Å². The highest BCUT2D eigenvalue weighted by Crippen LogP contribution is 2.33. The van der Waals surface area contributed by atoms with E-state index in [4.69, 9.17) is 0 Å². The molecule has 2 fully saturated rings. The van der Waals surface area contributed by atoms with Gasteiger partial charge >= 0.3 is 0 Å². The number of likely N-dealkylation sites (tertiary alicyclic amines) is 1. The van der Waals surface area contributed by atoms with Crippen molar-refractivity contribution in [3.05, 3.63) is 24.0 Å². The summed E-state index contributed by atoms with van der Waals surface area (Å²) in [6.07, 6.45) is 6.01. The predicted molar refractivity (Wildman–Crippen MR) is 70.2 cm³/mol. The number of hydrogen-bond acceptors (Lipinski definition) is 3. The van der Waals surface area contributed by atoms with Crippen molar-refractivity contribution in [2.75, 3.05) is 11.9 Å². The zero-order valence-corrected chi connectivity index (χ0v) is 10.7. The maximum atomic E-state index is 4.33. The number of hydrogen-bond donors (Lipinski definition) is 1. The fraction of sp³-hybridized carbons (Fsp3) is 0.643. The summed E-state index contributed by atoms with van der Waals surface area (Å²) in [5.41, 5.74) is 2.24. The molecule has 0 amide bonds. The normalized spacial score (nSPS) is 29.5. The van der Waals surface area contributed by atoms with Crippen LogP contribution in [0.4, 0.5) is 5.69 Å². The highest BCUT2D eigenvalue weighted by Gasteiger charge is 2.38. The summed E-state index contributed by atoms with van der Waals surface area (Å²) >= 11 is 0. The molecule has 92 valence electrons. The number of nitrogens with one attached hydrogen (secondary N) is 1. The smallest absolute Gasteiger partial charge is 0.0529 e. The first-order valence-electron chi connectivity index (χ1n) is 6.67. The van der Waals surface area contributed by atoms with Crippen molar-refractivity contribution in [1.29, 1.82) is 0 Å². The van der Waals surface area contributed by atoms with E-state index in [0.29, 0.717) is 6.04 Å². The van der Waals surface area contributed by atoms with Gasteiger partial charge in [0.05, 0.1) is 11.9 Å². The Balaban J connectivity index is 1.61. The average molecular weight is 231 g/mol. The third-order valence-electron chi connectivity index (χ3n) is 3.92. The predicted octanol–water partition coefficient (Wildman–Crippen LogP) is 2.43. The van der Waals surface area contributed by atoms with Gasteiger partial charge in [-0.2, -0.15) is 0 Å². The highest BCUT2D eigenvalue weighted by atomic mass is 15.3. The Kier molecular flexibility index (Phi) is 2.79. The van der Waals surface area contributed by atoms with Gasteiger partial charge < -0.3 is 5.32 Å². The molecule has 2 aliphatic rings. The molecule has 1 N–H and O–H groups in total. The second kappa shape index (κ2) is 4.30. The van der Waals surface area contributed by atoms with E-state index in [-0.39, 0.29) is 0 Å². The number of rotatable bonds is 3. The first-order valence-corrected chi connectivity index (χ1v) is 6.67. The van der Waals surface area contributed by atoms with E-state index in [2.05, 4.69) is 34.3 Å². The monoisotopic (exact) mass is 231 g/mol. The number of anilines is 1. The Morgan fingerprint density at radius 2 is 2.18 bits per heavy atom. The molecule has 1 aromatic rings. The van der Waals surface area contributed by atoms with Gasteiger partial charge in [-0.25, -0.2) is 0 Å². The lowest BCUT2D eigenvalue weighted by Crippen LogP contribution is -2.31. The van der Waals surface area contributed by atoms with Gasteiger partial charge in [0.1, 0.15) is 0 Å². The molecular weight excluding hydrogens is 210 g/mol. The van der Waals surface area contributed by atoms with Crippen LogP contribution in [0.15, 0.2) is 18.3 Å². The molecule has 1 saturated heterocycles. The van der Waals surface area contributed by atoms with Crippen molar-refractivity contribution in [3.63, 3.8) is 0 Å². The summed E-state index contributed by atoms with van der Waals surface area (Å²) in [5.74, 6) is 0. The lowest BCUT2D eigenvalue weighted by molar-refractivity contribution is 0.257. The molecule has 2 unspecified atom stereocenters. The fourth-order valence-electron chi connectivity index (χ4n) is 2.86. The molecule has 0 radical (unpaired) electrons. The Labute approximate surface area is 103 Å². The van der Waals surface area contributed by atoms with Crippen LogP contribution in [0.25, 0.3) is 0 Å². The van der Waals surface area contributed by atoms with Crippen molar-refractivity contribution in [2.24, 2.45) is 0 Å². The molecule has 2 heterocycles. The molecule has 1 aromatic heterocycles. The molecule has 0 bridgehead atoms. The van der Waals surface area contributed by atoms with Crippen LogP contribution in [0, 0.1) is 6.92 Å². The third kappa shape index (κ3) is 2.44. The number of pyridine rings is 1. The Morgan fingerprint density at radius 1 is 1.35 bits per heavy atom. The molecular formula is C14H21N3. The van der Waals surface area contributed by atoms with Crippen LogP contribution in [0.2, 0.25) is 0 Å². The van der Waals surface area contributed by atoms with Crippen molar-refractivity contribution >= 4 is 5.69 Å². The summed E-state index contributed by atoms with van der Waals surface area (Å²) in [5, 5.41) is 3.61. The topological polar surface area (TPSA) is 28.2 Å². The minimum atomic E-state index is 0.593. The molecule has 1 aliphatic heterocycles. The van der Waals surface area contributed by atoms with Gasteiger partial charge in [-0.15, -0.1) is 0 Å².